The maximum atomic E-state index is 11.0. The lowest BCUT2D eigenvalue weighted by Crippen LogP contribution is -2.22. The first-order chi connectivity index (χ1) is 11.1. The van der Waals surface area contributed by atoms with Gasteiger partial charge in [0.2, 0.25) is 0 Å². The summed E-state index contributed by atoms with van der Waals surface area (Å²) in [4.78, 5) is 13.2. The van der Waals surface area contributed by atoms with Crippen molar-refractivity contribution in [3.8, 4) is 11.5 Å². The number of hydrogen-bond acceptors (Lipinski definition) is 3. The molecule has 1 N–H and O–H groups in total. The van der Waals surface area contributed by atoms with Gasteiger partial charge in [-0.3, -0.25) is 9.69 Å². The second-order valence-corrected chi connectivity index (χ2v) is 6.12. The van der Waals surface area contributed by atoms with Crippen LogP contribution in [0.3, 0.4) is 0 Å². The predicted octanol–water partition coefficient (Wildman–Crippen LogP) is 3.69. The number of aryl methyl sites for hydroxylation is 1. The van der Waals surface area contributed by atoms with Gasteiger partial charge in [0.05, 0.1) is 5.92 Å². The molecule has 0 bridgehead atoms. The Morgan fingerprint density at radius 1 is 1.22 bits per heavy atom. The molecule has 1 aliphatic rings. The summed E-state index contributed by atoms with van der Waals surface area (Å²) in [6.45, 7) is 4.26. The Morgan fingerprint density at radius 3 is 2.70 bits per heavy atom. The van der Waals surface area contributed by atoms with Gasteiger partial charge in [0.25, 0.3) is 0 Å². The van der Waals surface area contributed by atoms with Gasteiger partial charge in [-0.1, -0.05) is 29.8 Å². The molecule has 23 heavy (non-hydrogen) atoms. The molecule has 0 radical (unpaired) electrons. The molecular weight excluding hydrogens is 290 g/mol. The number of likely N-dealkylation sites (tertiary alicyclic amines) is 1. The third-order valence-electron chi connectivity index (χ3n) is 4.18. The number of hydrogen-bond donors (Lipinski definition) is 1. The Hall–Kier alpha value is -2.33. The Kier molecular flexibility index (Phi) is 4.63. The van der Waals surface area contributed by atoms with Gasteiger partial charge >= 0.3 is 5.97 Å². The normalized spacial score (nSPS) is 18.0. The van der Waals surface area contributed by atoms with E-state index < -0.39 is 5.97 Å². The van der Waals surface area contributed by atoms with Crippen molar-refractivity contribution in [1.29, 1.82) is 0 Å². The quantitative estimate of drug-likeness (QED) is 0.915. The molecule has 1 saturated heterocycles. The predicted molar refractivity (Wildman–Crippen MR) is 88.7 cm³/mol. The van der Waals surface area contributed by atoms with Crippen LogP contribution in [0.2, 0.25) is 0 Å². The van der Waals surface area contributed by atoms with E-state index in [4.69, 9.17) is 9.84 Å². The zero-order valence-electron chi connectivity index (χ0n) is 13.2. The second-order valence-electron chi connectivity index (χ2n) is 6.12. The molecular formula is C19H21NO3. The van der Waals surface area contributed by atoms with E-state index in [-0.39, 0.29) is 5.92 Å². The van der Waals surface area contributed by atoms with Crippen LogP contribution in [0.15, 0.2) is 48.5 Å². The number of nitrogens with zero attached hydrogens (tertiary/aromatic N) is 1. The summed E-state index contributed by atoms with van der Waals surface area (Å²) in [6.07, 6.45) is 0.731. The number of carboxylic acid groups (broad SMARTS) is 1. The summed E-state index contributed by atoms with van der Waals surface area (Å²) in [5.74, 6) is 0.700. The van der Waals surface area contributed by atoms with Crippen LogP contribution in [0.4, 0.5) is 0 Å². The highest BCUT2D eigenvalue weighted by Gasteiger charge is 2.27. The van der Waals surface area contributed by atoms with Crippen molar-refractivity contribution in [2.45, 2.75) is 19.9 Å². The molecule has 2 aromatic carbocycles. The largest absolute Gasteiger partial charge is 0.481 e. The van der Waals surface area contributed by atoms with Gasteiger partial charge in [0.15, 0.2) is 0 Å². The zero-order valence-corrected chi connectivity index (χ0v) is 13.2. The van der Waals surface area contributed by atoms with Gasteiger partial charge in [-0.05, 0) is 49.7 Å². The lowest BCUT2D eigenvalue weighted by Gasteiger charge is -2.16. The molecule has 1 atom stereocenters. The third-order valence-corrected chi connectivity index (χ3v) is 4.18. The van der Waals surface area contributed by atoms with Crippen molar-refractivity contribution in [3.05, 3.63) is 59.7 Å². The van der Waals surface area contributed by atoms with Crippen LogP contribution < -0.4 is 4.74 Å². The first-order valence-electron chi connectivity index (χ1n) is 7.89. The fraction of sp³-hybridized carbons (Fsp3) is 0.316. The molecule has 1 fully saturated rings. The summed E-state index contributed by atoms with van der Waals surface area (Å²) in [6, 6.07) is 16.0. The molecule has 4 heteroatoms. The van der Waals surface area contributed by atoms with E-state index in [1.165, 1.54) is 5.56 Å². The van der Waals surface area contributed by atoms with Gasteiger partial charge in [-0.2, -0.15) is 0 Å². The number of ether oxygens (including phenoxy) is 1. The maximum Gasteiger partial charge on any atom is 0.307 e. The van der Waals surface area contributed by atoms with Gasteiger partial charge in [-0.25, -0.2) is 0 Å². The van der Waals surface area contributed by atoms with E-state index in [1.807, 2.05) is 49.4 Å². The standard InChI is InChI=1S/C19H21NO3/c1-14-5-7-17(8-6-14)23-18-4-2-3-15(11-18)12-20-10-9-16(13-20)19(21)22/h2-8,11,16H,9-10,12-13H2,1H3,(H,21,22). The minimum atomic E-state index is -0.691. The van der Waals surface area contributed by atoms with Gasteiger partial charge in [0, 0.05) is 13.1 Å². The molecule has 0 spiro atoms. The van der Waals surface area contributed by atoms with Gasteiger partial charge in [-0.15, -0.1) is 0 Å². The Labute approximate surface area is 136 Å². The average Bonchev–Trinajstić information content (AvgIpc) is 2.99. The van der Waals surface area contributed by atoms with E-state index >= 15 is 0 Å². The fourth-order valence-electron chi connectivity index (χ4n) is 2.89. The summed E-state index contributed by atoms with van der Waals surface area (Å²) < 4.78 is 5.89. The molecule has 0 aliphatic carbocycles. The van der Waals surface area contributed by atoms with Crippen molar-refractivity contribution < 1.29 is 14.6 Å². The third kappa shape index (κ3) is 4.11. The molecule has 2 aromatic rings. The van der Waals surface area contributed by atoms with Gasteiger partial charge in [0.1, 0.15) is 11.5 Å². The lowest BCUT2D eigenvalue weighted by atomic mass is 10.1. The van der Waals surface area contributed by atoms with Crippen molar-refractivity contribution in [1.82, 2.24) is 4.90 Å². The van der Waals surface area contributed by atoms with E-state index in [0.29, 0.717) is 6.54 Å². The van der Waals surface area contributed by atoms with Crippen molar-refractivity contribution >= 4 is 5.97 Å². The van der Waals surface area contributed by atoms with Crippen LogP contribution >= 0.6 is 0 Å². The number of benzene rings is 2. The van der Waals surface area contributed by atoms with E-state index in [2.05, 4.69) is 11.0 Å². The van der Waals surface area contributed by atoms with Crippen LogP contribution in [0.5, 0.6) is 11.5 Å². The monoisotopic (exact) mass is 311 g/mol. The van der Waals surface area contributed by atoms with Crippen molar-refractivity contribution in [2.75, 3.05) is 13.1 Å². The minimum absolute atomic E-state index is 0.234. The molecule has 0 amide bonds. The summed E-state index contributed by atoms with van der Waals surface area (Å²) in [5, 5.41) is 9.08. The molecule has 1 heterocycles. The molecule has 1 unspecified atom stereocenters. The van der Waals surface area contributed by atoms with Crippen LogP contribution in [0, 0.1) is 12.8 Å². The topological polar surface area (TPSA) is 49.8 Å². The smallest absolute Gasteiger partial charge is 0.307 e. The molecule has 0 saturated carbocycles. The molecule has 4 nitrogen and oxygen atoms in total. The number of carbonyl (C=O) groups is 1. The molecule has 0 aromatic heterocycles. The van der Waals surface area contributed by atoms with Crippen LogP contribution in [0.1, 0.15) is 17.5 Å². The highest BCUT2D eigenvalue weighted by molar-refractivity contribution is 5.70. The fourth-order valence-corrected chi connectivity index (χ4v) is 2.89. The van der Waals surface area contributed by atoms with Crippen molar-refractivity contribution in [2.24, 2.45) is 5.92 Å². The van der Waals surface area contributed by atoms with Crippen LogP contribution in [-0.2, 0) is 11.3 Å². The van der Waals surface area contributed by atoms with E-state index in [9.17, 15) is 4.79 Å². The SMILES string of the molecule is Cc1ccc(Oc2cccc(CN3CCC(C(=O)O)C3)c2)cc1. The minimum Gasteiger partial charge on any atom is -0.481 e. The summed E-state index contributed by atoms with van der Waals surface area (Å²) in [5.41, 5.74) is 2.34. The van der Waals surface area contributed by atoms with E-state index in [1.54, 1.807) is 0 Å². The van der Waals surface area contributed by atoms with Crippen molar-refractivity contribution in [3.63, 3.8) is 0 Å². The second kappa shape index (κ2) is 6.84. The highest BCUT2D eigenvalue weighted by Crippen LogP contribution is 2.24. The molecule has 3 rings (SSSR count). The first kappa shape index (κ1) is 15.6. The maximum absolute atomic E-state index is 11.0. The Morgan fingerprint density at radius 2 is 2.00 bits per heavy atom. The molecule has 120 valence electrons. The van der Waals surface area contributed by atoms with Gasteiger partial charge < -0.3 is 9.84 Å². The van der Waals surface area contributed by atoms with Crippen LogP contribution in [-0.4, -0.2) is 29.1 Å². The summed E-state index contributed by atoms with van der Waals surface area (Å²) >= 11 is 0. The lowest BCUT2D eigenvalue weighted by molar-refractivity contribution is -0.141. The number of carboxylic acids is 1. The van der Waals surface area contributed by atoms with Crippen LogP contribution in [0.25, 0.3) is 0 Å². The summed E-state index contributed by atoms with van der Waals surface area (Å²) in [7, 11) is 0. The first-order valence-corrected chi connectivity index (χ1v) is 7.89. The Bertz CT molecular complexity index is 681. The number of aliphatic carboxylic acids is 1. The number of rotatable bonds is 5. The Balaban J connectivity index is 1.63. The zero-order chi connectivity index (χ0) is 16.2. The average molecular weight is 311 g/mol. The van der Waals surface area contributed by atoms with E-state index in [0.717, 1.165) is 36.6 Å². The highest BCUT2D eigenvalue weighted by atomic mass is 16.5. The molecule has 1 aliphatic heterocycles.